The van der Waals surface area contributed by atoms with E-state index in [1.54, 1.807) is 0 Å². The van der Waals surface area contributed by atoms with Crippen LogP contribution in [0, 0.1) is 0 Å². The summed E-state index contributed by atoms with van der Waals surface area (Å²) in [5.41, 5.74) is 2.57. The van der Waals surface area contributed by atoms with E-state index in [9.17, 15) is 4.79 Å². The maximum atomic E-state index is 12.5. The van der Waals surface area contributed by atoms with Gasteiger partial charge in [-0.2, -0.15) is 0 Å². The fraction of sp³-hybridized carbons (Fsp3) is 0.536. The Balaban J connectivity index is 1.21. The highest BCUT2D eigenvalue weighted by Crippen LogP contribution is 2.30. The summed E-state index contributed by atoms with van der Waals surface area (Å²) in [6.45, 7) is 7.29. The van der Waals surface area contributed by atoms with Crippen LogP contribution in [-0.2, 0) is 9.53 Å². The van der Waals surface area contributed by atoms with Crippen molar-refractivity contribution in [3.05, 3.63) is 70.7 Å². The average Bonchev–Trinajstić information content (AvgIpc) is 2.89. The highest BCUT2D eigenvalue weighted by Gasteiger charge is 2.27. The minimum atomic E-state index is 0.126. The summed E-state index contributed by atoms with van der Waals surface area (Å²) in [7, 11) is 4.23. The zero-order valence-corrected chi connectivity index (χ0v) is 21.9. The van der Waals surface area contributed by atoms with Crippen LogP contribution >= 0.6 is 11.6 Å². The Labute approximate surface area is 215 Å². The van der Waals surface area contributed by atoms with Gasteiger partial charge in [0, 0.05) is 56.9 Å². The number of nitrogens with zero attached hydrogens (tertiary/aromatic N) is 4. The van der Waals surface area contributed by atoms with E-state index in [2.05, 4.69) is 71.3 Å². The lowest BCUT2D eigenvalue weighted by Crippen LogP contribution is -2.48. The second kappa shape index (κ2) is 12.8. The van der Waals surface area contributed by atoms with Crippen LogP contribution in [0.3, 0.4) is 0 Å². The van der Waals surface area contributed by atoms with Crippen LogP contribution < -0.4 is 0 Å². The molecule has 0 radical (unpaired) electrons. The summed E-state index contributed by atoms with van der Waals surface area (Å²) in [4.78, 5) is 21.7. The predicted molar refractivity (Wildman–Crippen MR) is 142 cm³/mol. The number of rotatable bonds is 9. The molecule has 1 amide bonds. The van der Waals surface area contributed by atoms with Gasteiger partial charge in [-0.1, -0.05) is 54.1 Å². The van der Waals surface area contributed by atoms with Gasteiger partial charge in [-0.15, -0.1) is 0 Å². The highest BCUT2D eigenvalue weighted by molar-refractivity contribution is 6.30. The Hall–Kier alpha value is -1.96. The van der Waals surface area contributed by atoms with E-state index >= 15 is 0 Å². The zero-order valence-electron chi connectivity index (χ0n) is 21.1. The summed E-state index contributed by atoms with van der Waals surface area (Å²) < 4.78 is 5.78. The first kappa shape index (κ1) is 26.1. The van der Waals surface area contributed by atoms with Gasteiger partial charge >= 0.3 is 0 Å². The molecular formula is C28H39ClN4O2. The van der Waals surface area contributed by atoms with E-state index < -0.39 is 0 Å². The summed E-state index contributed by atoms with van der Waals surface area (Å²) in [6, 6.07) is 19.7. The quantitative estimate of drug-likeness (QED) is 0.494. The summed E-state index contributed by atoms with van der Waals surface area (Å²) in [5, 5.41) is 0.766. The first-order valence-corrected chi connectivity index (χ1v) is 13.2. The molecule has 4 rings (SSSR count). The van der Waals surface area contributed by atoms with Gasteiger partial charge in [0.15, 0.2) is 0 Å². The molecule has 0 saturated carbocycles. The SMILES string of the molecule is CN(C)C1CCN(C(=O)COCCN2CCN(C(c3ccccc3)c3ccc(Cl)cc3)CC2)CC1. The Morgan fingerprint density at radius 2 is 1.57 bits per heavy atom. The summed E-state index contributed by atoms with van der Waals surface area (Å²) in [5.74, 6) is 0.126. The van der Waals surface area contributed by atoms with Crippen LogP contribution in [-0.4, -0.2) is 105 Å². The van der Waals surface area contributed by atoms with E-state index in [4.69, 9.17) is 16.3 Å². The number of hydrogen-bond acceptors (Lipinski definition) is 5. The zero-order chi connectivity index (χ0) is 24.6. The molecule has 2 aliphatic rings. The molecule has 6 nitrogen and oxygen atoms in total. The first-order valence-electron chi connectivity index (χ1n) is 12.8. The lowest BCUT2D eigenvalue weighted by Gasteiger charge is -2.39. The molecule has 0 bridgehead atoms. The fourth-order valence-corrected chi connectivity index (χ4v) is 5.34. The topological polar surface area (TPSA) is 39.3 Å². The Kier molecular flexibility index (Phi) is 9.58. The van der Waals surface area contributed by atoms with Crippen molar-refractivity contribution in [2.24, 2.45) is 0 Å². The van der Waals surface area contributed by atoms with E-state index in [-0.39, 0.29) is 18.6 Å². The van der Waals surface area contributed by atoms with Crippen molar-refractivity contribution in [1.82, 2.24) is 19.6 Å². The van der Waals surface area contributed by atoms with E-state index in [0.717, 1.165) is 63.7 Å². The molecule has 2 aromatic rings. The predicted octanol–water partition coefficient (Wildman–Crippen LogP) is 3.62. The monoisotopic (exact) mass is 498 g/mol. The minimum absolute atomic E-state index is 0.126. The third kappa shape index (κ3) is 7.28. The van der Waals surface area contributed by atoms with Gasteiger partial charge in [0.05, 0.1) is 12.6 Å². The molecule has 1 atom stereocenters. The molecular weight excluding hydrogens is 460 g/mol. The Bertz CT molecular complexity index is 908. The lowest BCUT2D eigenvalue weighted by atomic mass is 9.96. The molecule has 2 saturated heterocycles. The number of benzene rings is 2. The smallest absolute Gasteiger partial charge is 0.248 e. The highest BCUT2D eigenvalue weighted by atomic mass is 35.5. The van der Waals surface area contributed by atoms with Gasteiger partial charge in [-0.3, -0.25) is 14.6 Å². The molecule has 1 unspecified atom stereocenters. The van der Waals surface area contributed by atoms with Crippen molar-refractivity contribution >= 4 is 17.5 Å². The fourth-order valence-electron chi connectivity index (χ4n) is 5.22. The third-order valence-corrected chi connectivity index (χ3v) is 7.65. The number of carbonyl (C=O) groups excluding carboxylic acids is 1. The largest absolute Gasteiger partial charge is 0.370 e. The molecule has 2 heterocycles. The maximum absolute atomic E-state index is 12.5. The normalized spacial score (nSPS) is 19.3. The third-order valence-electron chi connectivity index (χ3n) is 7.40. The van der Waals surface area contributed by atoms with Gasteiger partial charge in [-0.05, 0) is 50.2 Å². The molecule has 190 valence electrons. The maximum Gasteiger partial charge on any atom is 0.248 e. The molecule has 0 spiro atoms. The summed E-state index contributed by atoms with van der Waals surface area (Å²) in [6.07, 6.45) is 2.09. The standard InChI is InChI=1S/C28H39ClN4O2/c1-30(2)26-12-14-32(15-13-26)27(34)22-35-21-20-31-16-18-33(19-17-31)28(23-6-4-3-5-7-23)24-8-10-25(29)11-9-24/h3-11,26,28H,12-22H2,1-2H3. The number of amides is 1. The first-order chi connectivity index (χ1) is 17.0. The molecule has 2 aliphatic heterocycles. The average molecular weight is 499 g/mol. The van der Waals surface area contributed by atoms with Crippen molar-refractivity contribution in [3.8, 4) is 0 Å². The van der Waals surface area contributed by atoms with Crippen molar-refractivity contribution in [1.29, 1.82) is 0 Å². The molecule has 2 aromatic carbocycles. The Morgan fingerprint density at radius 1 is 0.943 bits per heavy atom. The van der Waals surface area contributed by atoms with Gasteiger partial charge in [0.25, 0.3) is 0 Å². The van der Waals surface area contributed by atoms with Crippen LogP contribution in [0.1, 0.15) is 30.0 Å². The van der Waals surface area contributed by atoms with Gasteiger partial charge in [0.2, 0.25) is 5.91 Å². The molecule has 0 N–H and O–H groups in total. The van der Waals surface area contributed by atoms with Crippen LogP contribution in [0.4, 0.5) is 0 Å². The van der Waals surface area contributed by atoms with E-state index in [1.807, 2.05) is 17.0 Å². The number of likely N-dealkylation sites (tertiary alicyclic amines) is 1. The molecule has 35 heavy (non-hydrogen) atoms. The van der Waals surface area contributed by atoms with Crippen LogP contribution in [0.2, 0.25) is 5.02 Å². The number of halogens is 1. The second-order valence-electron chi connectivity index (χ2n) is 9.87. The number of hydrogen-bond donors (Lipinski definition) is 0. The van der Waals surface area contributed by atoms with Crippen LogP contribution in [0.5, 0.6) is 0 Å². The molecule has 7 heteroatoms. The van der Waals surface area contributed by atoms with Gasteiger partial charge in [0.1, 0.15) is 6.61 Å². The van der Waals surface area contributed by atoms with Crippen molar-refractivity contribution < 1.29 is 9.53 Å². The number of piperidine rings is 1. The van der Waals surface area contributed by atoms with Crippen LogP contribution in [0.15, 0.2) is 54.6 Å². The molecule has 2 fully saturated rings. The molecule has 0 aromatic heterocycles. The number of ether oxygens (including phenoxy) is 1. The van der Waals surface area contributed by atoms with E-state index in [0.29, 0.717) is 12.6 Å². The van der Waals surface area contributed by atoms with Crippen molar-refractivity contribution in [2.75, 3.05) is 73.1 Å². The van der Waals surface area contributed by atoms with Crippen molar-refractivity contribution in [2.45, 2.75) is 24.9 Å². The second-order valence-corrected chi connectivity index (χ2v) is 10.3. The molecule has 0 aliphatic carbocycles. The summed E-state index contributed by atoms with van der Waals surface area (Å²) >= 11 is 6.15. The number of piperazine rings is 1. The number of carbonyl (C=O) groups is 1. The van der Waals surface area contributed by atoms with Crippen LogP contribution in [0.25, 0.3) is 0 Å². The van der Waals surface area contributed by atoms with E-state index in [1.165, 1.54) is 11.1 Å². The van der Waals surface area contributed by atoms with Gasteiger partial charge in [-0.25, -0.2) is 0 Å². The van der Waals surface area contributed by atoms with Crippen molar-refractivity contribution in [3.63, 3.8) is 0 Å². The van der Waals surface area contributed by atoms with Gasteiger partial charge < -0.3 is 14.5 Å². The Morgan fingerprint density at radius 3 is 2.20 bits per heavy atom. The lowest BCUT2D eigenvalue weighted by molar-refractivity contribution is -0.137. The minimum Gasteiger partial charge on any atom is -0.370 e.